The highest BCUT2D eigenvalue weighted by Gasteiger charge is 2.16. The lowest BCUT2D eigenvalue weighted by Crippen LogP contribution is -2.34. The Morgan fingerprint density at radius 3 is 2.25 bits per heavy atom. The molecule has 5 heteroatoms. The molecular formula is C7H14N2O2S. The van der Waals surface area contributed by atoms with Gasteiger partial charge >= 0.3 is 0 Å². The summed E-state index contributed by atoms with van der Waals surface area (Å²) < 4.78 is 0. The highest BCUT2D eigenvalue weighted by Crippen LogP contribution is 2.02. The topological polar surface area (TPSA) is 52.9 Å². The van der Waals surface area contributed by atoms with Crippen LogP contribution in [0.5, 0.6) is 0 Å². The van der Waals surface area contributed by atoms with Gasteiger partial charge in [0, 0.05) is 13.1 Å². The molecule has 70 valence electrons. The van der Waals surface area contributed by atoms with Crippen LogP contribution in [0.3, 0.4) is 0 Å². The van der Waals surface area contributed by atoms with Gasteiger partial charge in [-0.2, -0.15) is 0 Å². The summed E-state index contributed by atoms with van der Waals surface area (Å²) in [5.41, 5.74) is 0. The maximum Gasteiger partial charge on any atom is 0.282 e. The second kappa shape index (κ2) is 5.88. The molecule has 4 nitrogen and oxygen atoms in total. The van der Waals surface area contributed by atoms with Gasteiger partial charge in [-0.1, -0.05) is 5.16 Å². The van der Waals surface area contributed by atoms with Crippen molar-refractivity contribution in [3.63, 3.8) is 0 Å². The highest BCUT2D eigenvalue weighted by atomic mass is 32.2. The molecule has 1 amide bonds. The molecule has 0 aromatic rings. The van der Waals surface area contributed by atoms with Gasteiger partial charge in [0.15, 0.2) is 5.04 Å². The first-order chi connectivity index (χ1) is 5.71. The standard InChI is InChI=1S/C7H14N2O2S/c1-4-9(5-2)7(10)6(8-11)12-3/h11H,4-5H2,1-3H3. The predicted octanol–water partition coefficient (Wildman–Crippen LogP) is 1.01. The predicted molar refractivity (Wildman–Crippen MR) is 50.7 cm³/mol. The molecule has 0 aliphatic heterocycles. The third kappa shape index (κ3) is 2.73. The van der Waals surface area contributed by atoms with E-state index in [1.54, 1.807) is 11.2 Å². The summed E-state index contributed by atoms with van der Waals surface area (Å²) in [7, 11) is 0. The number of amides is 1. The summed E-state index contributed by atoms with van der Waals surface area (Å²) in [4.78, 5) is 13.0. The first kappa shape index (κ1) is 11.3. The lowest BCUT2D eigenvalue weighted by molar-refractivity contribution is -0.123. The molecule has 0 heterocycles. The largest absolute Gasteiger partial charge is 0.410 e. The van der Waals surface area contributed by atoms with Crippen LogP contribution < -0.4 is 0 Å². The molecule has 0 rings (SSSR count). The average molecular weight is 190 g/mol. The number of carbonyl (C=O) groups excluding carboxylic acids is 1. The van der Waals surface area contributed by atoms with E-state index in [1.165, 1.54) is 0 Å². The van der Waals surface area contributed by atoms with Crippen molar-refractivity contribution in [2.24, 2.45) is 5.16 Å². The molecule has 0 fully saturated rings. The van der Waals surface area contributed by atoms with Gasteiger partial charge in [0.2, 0.25) is 0 Å². The fraction of sp³-hybridized carbons (Fsp3) is 0.714. The van der Waals surface area contributed by atoms with Gasteiger partial charge in [0.1, 0.15) is 0 Å². The summed E-state index contributed by atoms with van der Waals surface area (Å²) in [6.45, 7) is 5.04. The molecule has 0 bridgehead atoms. The molecule has 0 saturated heterocycles. The first-order valence-electron chi connectivity index (χ1n) is 3.76. The fourth-order valence-corrected chi connectivity index (χ4v) is 1.20. The molecule has 1 N–H and O–H groups in total. The van der Waals surface area contributed by atoms with E-state index in [2.05, 4.69) is 5.16 Å². The zero-order chi connectivity index (χ0) is 9.56. The Balaban J connectivity index is 4.34. The van der Waals surface area contributed by atoms with Crippen molar-refractivity contribution < 1.29 is 10.0 Å². The Morgan fingerprint density at radius 1 is 1.50 bits per heavy atom. The second-order valence-electron chi connectivity index (χ2n) is 2.09. The molecule has 12 heavy (non-hydrogen) atoms. The SMILES string of the molecule is CCN(CC)C(=O)C(=NO)SC. The van der Waals surface area contributed by atoms with Gasteiger partial charge in [-0.25, -0.2) is 0 Å². The molecule has 0 aromatic heterocycles. The van der Waals surface area contributed by atoms with Gasteiger partial charge in [0.25, 0.3) is 5.91 Å². The van der Waals surface area contributed by atoms with Gasteiger partial charge in [0.05, 0.1) is 0 Å². The zero-order valence-corrected chi connectivity index (χ0v) is 8.39. The van der Waals surface area contributed by atoms with E-state index in [1.807, 2.05) is 13.8 Å². The molecule has 0 aliphatic carbocycles. The third-order valence-electron chi connectivity index (χ3n) is 1.52. The minimum atomic E-state index is -0.213. The van der Waals surface area contributed by atoms with Crippen LogP contribution in [-0.4, -0.2) is 40.4 Å². The van der Waals surface area contributed by atoms with E-state index in [-0.39, 0.29) is 11.0 Å². The summed E-state index contributed by atoms with van der Waals surface area (Å²) in [5, 5.41) is 11.5. The Labute approximate surface area is 76.6 Å². The van der Waals surface area contributed by atoms with Crippen LogP contribution in [-0.2, 0) is 4.79 Å². The monoisotopic (exact) mass is 190 g/mol. The molecule has 0 spiro atoms. The Morgan fingerprint density at radius 2 is 2.00 bits per heavy atom. The van der Waals surface area contributed by atoms with Crippen molar-refractivity contribution in [2.45, 2.75) is 13.8 Å². The van der Waals surface area contributed by atoms with Crippen molar-refractivity contribution in [1.29, 1.82) is 0 Å². The van der Waals surface area contributed by atoms with Crippen molar-refractivity contribution in [1.82, 2.24) is 4.90 Å². The fourth-order valence-electron chi connectivity index (χ4n) is 0.817. The molecule has 0 aliphatic rings. The number of nitrogens with zero attached hydrogens (tertiary/aromatic N) is 2. The van der Waals surface area contributed by atoms with Gasteiger partial charge in [-0.3, -0.25) is 4.79 Å². The minimum Gasteiger partial charge on any atom is -0.410 e. The van der Waals surface area contributed by atoms with Gasteiger partial charge in [-0.15, -0.1) is 11.8 Å². The maximum atomic E-state index is 11.4. The molecular weight excluding hydrogens is 176 g/mol. The molecule has 0 saturated carbocycles. The summed E-state index contributed by atoms with van der Waals surface area (Å²) >= 11 is 1.15. The van der Waals surface area contributed by atoms with E-state index < -0.39 is 0 Å². The first-order valence-corrected chi connectivity index (χ1v) is 4.99. The third-order valence-corrected chi connectivity index (χ3v) is 2.16. The maximum absolute atomic E-state index is 11.4. The lowest BCUT2D eigenvalue weighted by atomic mass is 10.5. The van der Waals surface area contributed by atoms with Crippen LogP contribution in [0.1, 0.15) is 13.8 Å². The highest BCUT2D eigenvalue weighted by molar-refractivity contribution is 8.15. The summed E-state index contributed by atoms with van der Waals surface area (Å²) in [6.07, 6.45) is 1.70. The Bertz CT molecular complexity index is 178. The van der Waals surface area contributed by atoms with E-state index in [9.17, 15) is 4.79 Å². The van der Waals surface area contributed by atoms with Crippen LogP contribution in [0.2, 0.25) is 0 Å². The van der Waals surface area contributed by atoms with E-state index in [0.29, 0.717) is 13.1 Å². The quantitative estimate of drug-likeness (QED) is 0.306. The number of rotatable bonds is 2. The smallest absolute Gasteiger partial charge is 0.282 e. The lowest BCUT2D eigenvalue weighted by Gasteiger charge is -2.17. The van der Waals surface area contributed by atoms with Crippen LogP contribution in [0.25, 0.3) is 0 Å². The number of hydrogen-bond donors (Lipinski definition) is 1. The normalized spacial score (nSPS) is 11.4. The molecule has 0 unspecified atom stereocenters. The van der Waals surface area contributed by atoms with Crippen molar-refractivity contribution in [2.75, 3.05) is 19.3 Å². The van der Waals surface area contributed by atoms with E-state index >= 15 is 0 Å². The van der Waals surface area contributed by atoms with Crippen molar-refractivity contribution in [3.8, 4) is 0 Å². The number of oxime groups is 1. The average Bonchev–Trinajstić information content (AvgIpc) is 2.09. The van der Waals surface area contributed by atoms with Gasteiger partial charge in [-0.05, 0) is 20.1 Å². The van der Waals surface area contributed by atoms with Crippen molar-refractivity contribution >= 4 is 22.7 Å². The molecule has 0 atom stereocenters. The zero-order valence-electron chi connectivity index (χ0n) is 7.57. The number of carbonyl (C=O) groups is 1. The van der Waals surface area contributed by atoms with E-state index in [0.717, 1.165) is 11.8 Å². The second-order valence-corrected chi connectivity index (χ2v) is 2.88. The molecule has 0 aromatic carbocycles. The van der Waals surface area contributed by atoms with Crippen molar-refractivity contribution in [3.05, 3.63) is 0 Å². The number of thioether (sulfide) groups is 1. The van der Waals surface area contributed by atoms with Crippen LogP contribution >= 0.6 is 11.8 Å². The summed E-state index contributed by atoms with van der Waals surface area (Å²) in [5.74, 6) is -0.213. The number of hydrogen-bond acceptors (Lipinski definition) is 4. The van der Waals surface area contributed by atoms with Crippen LogP contribution in [0.15, 0.2) is 5.16 Å². The Kier molecular flexibility index (Phi) is 5.53. The van der Waals surface area contributed by atoms with E-state index in [4.69, 9.17) is 5.21 Å². The summed E-state index contributed by atoms with van der Waals surface area (Å²) in [6, 6.07) is 0. The minimum absolute atomic E-state index is 0.138. The Hall–Kier alpha value is -0.710. The van der Waals surface area contributed by atoms with Crippen LogP contribution in [0, 0.1) is 0 Å². The van der Waals surface area contributed by atoms with Crippen LogP contribution in [0.4, 0.5) is 0 Å². The molecule has 0 radical (unpaired) electrons. The van der Waals surface area contributed by atoms with Gasteiger partial charge < -0.3 is 10.1 Å².